The minimum absolute atomic E-state index is 0.263. The molecule has 0 aromatic rings. The maximum absolute atomic E-state index is 11.5. The lowest BCUT2D eigenvalue weighted by atomic mass is 10.1. The molecule has 0 aromatic heterocycles. The van der Waals surface area contributed by atoms with Gasteiger partial charge in [0, 0.05) is 0 Å². The molecule has 0 saturated carbocycles. The van der Waals surface area contributed by atoms with Crippen molar-refractivity contribution in [2.45, 2.75) is 70.8 Å². The van der Waals surface area contributed by atoms with Crippen molar-refractivity contribution in [1.29, 1.82) is 0 Å². The van der Waals surface area contributed by atoms with Crippen molar-refractivity contribution in [2.24, 2.45) is 11.5 Å². The predicted octanol–water partition coefficient (Wildman–Crippen LogP) is 2.35. The van der Waals surface area contributed by atoms with Crippen LogP contribution in [-0.4, -0.2) is 25.2 Å². The highest BCUT2D eigenvalue weighted by molar-refractivity contribution is 5.75. The highest BCUT2D eigenvalue weighted by Crippen LogP contribution is 2.06. The monoisotopic (exact) mass is 258 g/mol. The minimum Gasteiger partial charge on any atom is -0.465 e. The van der Waals surface area contributed by atoms with E-state index in [0.717, 1.165) is 25.7 Å². The van der Waals surface area contributed by atoms with Crippen LogP contribution in [0.25, 0.3) is 0 Å². The molecular formula is C14H30N2O2. The number of carbonyl (C=O) groups excluding carboxylic acids is 1. The van der Waals surface area contributed by atoms with Gasteiger partial charge in [-0.15, -0.1) is 0 Å². The summed E-state index contributed by atoms with van der Waals surface area (Å²) in [5.74, 6) is -0.263. The highest BCUT2D eigenvalue weighted by Gasteiger charge is 2.13. The summed E-state index contributed by atoms with van der Waals surface area (Å²) in [6, 6.07) is -0.475. The van der Waals surface area contributed by atoms with E-state index in [9.17, 15) is 4.79 Å². The smallest absolute Gasteiger partial charge is 0.322 e. The number of carbonyl (C=O) groups is 1. The zero-order valence-electron chi connectivity index (χ0n) is 11.8. The molecule has 0 fully saturated rings. The van der Waals surface area contributed by atoms with E-state index >= 15 is 0 Å². The lowest BCUT2D eigenvalue weighted by Gasteiger charge is -2.11. The number of unbranched alkanes of at least 4 members (excludes halogenated alkanes) is 6. The highest BCUT2D eigenvalue weighted by atomic mass is 16.5. The maximum Gasteiger partial charge on any atom is 0.322 e. The first-order valence-electron chi connectivity index (χ1n) is 7.34. The fourth-order valence-corrected chi connectivity index (χ4v) is 1.79. The first kappa shape index (κ1) is 17.4. The number of ether oxygens (including phenoxy) is 1. The van der Waals surface area contributed by atoms with Crippen LogP contribution in [0.2, 0.25) is 0 Å². The van der Waals surface area contributed by atoms with Crippen molar-refractivity contribution in [3.63, 3.8) is 0 Å². The average molecular weight is 258 g/mol. The van der Waals surface area contributed by atoms with E-state index in [1.54, 1.807) is 0 Å². The Morgan fingerprint density at radius 3 is 2.39 bits per heavy atom. The van der Waals surface area contributed by atoms with Crippen molar-refractivity contribution >= 4 is 5.97 Å². The van der Waals surface area contributed by atoms with Crippen LogP contribution in [0, 0.1) is 0 Å². The van der Waals surface area contributed by atoms with E-state index in [0.29, 0.717) is 19.6 Å². The molecule has 0 spiro atoms. The van der Waals surface area contributed by atoms with Gasteiger partial charge in [-0.25, -0.2) is 0 Å². The second kappa shape index (κ2) is 12.8. The lowest BCUT2D eigenvalue weighted by molar-refractivity contribution is -0.145. The van der Waals surface area contributed by atoms with Gasteiger partial charge in [-0.2, -0.15) is 0 Å². The molecule has 4 heteroatoms. The second-order valence-corrected chi connectivity index (χ2v) is 4.83. The van der Waals surface area contributed by atoms with Crippen molar-refractivity contribution < 1.29 is 9.53 Å². The van der Waals surface area contributed by atoms with Crippen LogP contribution in [0.1, 0.15) is 64.7 Å². The third-order valence-electron chi connectivity index (χ3n) is 3.01. The lowest BCUT2D eigenvalue weighted by Crippen LogP contribution is -2.32. The SMILES string of the molecule is CCCCCCCCOC(=O)[C@@H](N)CCCCN. The Kier molecular flexibility index (Phi) is 12.4. The van der Waals surface area contributed by atoms with Crippen molar-refractivity contribution in [3.8, 4) is 0 Å². The summed E-state index contributed by atoms with van der Waals surface area (Å²) in [7, 11) is 0. The molecule has 0 rings (SSSR count). The Bertz CT molecular complexity index is 198. The molecule has 108 valence electrons. The second-order valence-electron chi connectivity index (χ2n) is 4.83. The van der Waals surface area contributed by atoms with Crippen LogP contribution in [0.3, 0.4) is 0 Å². The van der Waals surface area contributed by atoms with Crippen LogP contribution in [0.15, 0.2) is 0 Å². The maximum atomic E-state index is 11.5. The Morgan fingerprint density at radius 2 is 1.72 bits per heavy atom. The summed E-state index contributed by atoms with van der Waals surface area (Å²) < 4.78 is 5.15. The molecule has 0 radical (unpaired) electrons. The van der Waals surface area contributed by atoms with Crippen molar-refractivity contribution in [1.82, 2.24) is 0 Å². The molecule has 0 heterocycles. The summed E-state index contributed by atoms with van der Waals surface area (Å²) in [6.07, 6.45) is 9.63. The molecule has 0 bridgehead atoms. The standard InChI is InChI=1S/C14H30N2O2/c1-2-3-4-5-6-9-12-18-14(17)13(16)10-7-8-11-15/h13H,2-12,15-16H2,1H3/t13-/m0/s1. The summed E-state index contributed by atoms with van der Waals surface area (Å²) in [5, 5.41) is 0. The summed E-state index contributed by atoms with van der Waals surface area (Å²) in [5.41, 5.74) is 11.1. The largest absolute Gasteiger partial charge is 0.465 e. The summed E-state index contributed by atoms with van der Waals surface area (Å²) in [4.78, 5) is 11.5. The summed E-state index contributed by atoms with van der Waals surface area (Å²) in [6.45, 7) is 3.36. The third kappa shape index (κ3) is 10.5. The van der Waals surface area contributed by atoms with Gasteiger partial charge in [-0.3, -0.25) is 4.79 Å². The van der Waals surface area contributed by atoms with Gasteiger partial charge >= 0.3 is 5.97 Å². The molecule has 4 nitrogen and oxygen atoms in total. The molecule has 0 aromatic carbocycles. The topological polar surface area (TPSA) is 78.3 Å². The first-order chi connectivity index (χ1) is 8.72. The van der Waals surface area contributed by atoms with Gasteiger partial charge in [-0.1, -0.05) is 45.4 Å². The summed E-state index contributed by atoms with van der Waals surface area (Å²) >= 11 is 0. The Hall–Kier alpha value is -0.610. The van der Waals surface area contributed by atoms with Gasteiger partial charge in [0.25, 0.3) is 0 Å². The zero-order valence-corrected chi connectivity index (χ0v) is 11.8. The molecular weight excluding hydrogens is 228 g/mol. The van der Waals surface area contributed by atoms with Gasteiger partial charge in [0.15, 0.2) is 0 Å². The van der Waals surface area contributed by atoms with E-state index in [1.165, 1.54) is 25.7 Å². The minimum atomic E-state index is -0.475. The van der Waals surface area contributed by atoms with Crippen LogP contribution in [0.4, 0.5) is 0 Å². The van der Waals surface area contributed by atoms with E-state index < -0.39 is 6.04 Å². The van der Waals surface area contributed by atoms with Gasteiger partial charge in [0.2, 0.25) is 0 Å². The number of hydrogen-bond donors (Lipinski definition) is 2. The Balaban J connectivity index is 3.35. The van der Waals surface area contributed by atoms with Gasteiger partial charge in [-0.05, 0) is 25.8 Å². The van der Waals surface area contributed by atoms with Crippen LogP contribution >= 0.6 is 0 Å². The Labute approximate surface area is 111 Å². The molecule has 0 aliphatic rings. The molecule has 0 unspecified atom stereocenters. The normalized spacial score (nSPS) is 12.4. The van der Waals surface area contributed by atoms with Crippen LogP contribution < -0.4 is 11.5 Å². The number of hydrogen-bond acceptors (Lipinski definition) is 4. The molecule has 0 saturated heterocycles. The van der Waals surface area contributed by atoms with Gasteiger partial charge in [0.05, 0.1) is 6.61 Å². The van der Waals surface area contributed by atoms with Crippen molar-refractivity contribution in [2.75, 3.05) is 13.2 Å². The fourth-order valence-electron chi connectivity index (χ4n) is 1.79. The van der Waals surface area contributed by atoms with E-state index in [-0.39, 0.29) is 5.97 Å². The van der Waals surface area contributed by atoms with Crippen molar-refractivity contribution in [3.05, 3.63) is 0 Å². The molecule has 1 atom stereocenters. The Morgan fingerprint density at radius 1 is 1.06 bits per heavy atom. The molecule has 0 amide bonds. The third-order valence-corrected chi connectivity index (χ3v) is 3.01. The fraction of sp³-hybridized carbons (Fsp3) is 0.929. The zero-order chi connectivity index (χ0) is 13.6. The quantitative estimate of drug-likeness (QED) is 0.416. The van der Waals surface area contributed by atoms with E-state index in [4.69, 9.17) is 16.2 Å². The predicted molar refractivity (Wildman–Crippen MR) is 75.2 cm³/mol. The van der Waals surface area contributed by atoms with Gasteiger partial charge < -0.3 is 16.2 Å². The van der Waals surface area contributed by atoms with Crippen LogP contribution in [-0.2, 0) is 9.53 Å². The molecule has 0 aliphatic heterocycles. The molecule has 0 aliphatic carbocycles. The van der Waals surface area contributed by atoms with Crippen LogP contribution in [0.5, 0.6) is 0 Å². The number of rotatable bonds is 12. The number of nitrogens with two attached hydrogens (primary N) is 2. The van der Waals surface area contributed by atoms with Gasteiger partial charge in [0.1, 0.15) is 6.04 Å². The first-order valence-corrected chi connectivity index (χ1v) is 7.34. The molecule has 18 heavy (non-hydrogen) atoms. The van der Waals surface area contributed by atoms with E-state index in [2.05, 4.69) is 6.92 Å². The molecule has 4 N–H and O–H groups in total. The number of esters is 1. The average Bonchev–Trinajstić information content (AvgIpc) is 2.37. The van der Waals surface area contributed by atoms with E-state index in [1.807, 2.05) is 0 Å².